The number of esters is 1. The Labute approximate surface area is 162 Å². The fraction of sp³-hybridized carbons (Fsp3) is 0.421. The third-order valence-electron chi connectivity index (χ3n) is 4.51. The van der Waals surface area contributed by atoms with Gasteiger partial charge in [0.05, 0.1) is 16.7 Å². The number of halogens is 2. The molecule has 5 nitrogen and oxygen atoms in total. The van der Waals surface area contributed by atoms with Gasteiger partial charge in [-0.1, -0.05) is 54.0 Å². The van der Waals surface area contributed by atoms with Gasteiger partial charge in [0.15, 0.2) is 11.5 Å². The van der Waals surface area contributed by atoms with E-state index in [1.807, 2.05) is 0 Å². The largest absolute Gasteiger partial charge is 0.461 e. The molecule has 0 amide bonds. The maximum absolute atomic E-state index is 12.0. The first-order valence-electron chi connectivity index (χ1n) is 8.74. The zero-order chi connectivity index (χ0) is 18.4. The number of nitrogens with zero attached hydrogens (tertiary/aromatic N) is 2. The molecule has 0 bridgehead atoms. The quantitative estimate of drug-likeness (QED) is 0.446. The molecule has 2 aromatic rings. The number of rotatable bonds is 7. The average molecular weight is 395 g/mol. The van der Waals surface area contributed by atoms with Crippen LogP contribution in [0.25, 0.3) is 12.2 Å². The topological polar surface area (TPSA) is 65.2 Å². The van der Waals surface area contributed by atoms with E-state index in [0.717, 1.165) is 18.8 Å². The van der Waals surface area contributed by atoms with Gasteiger partial charge in [-0.15, -0.1) is 0 Å². The van der Waals surface area contributed by atoms with Crippen molar-refractivity contribution in [1.82, 2.24) is 10.1 Å². The van der Waals surface area contributed by atoms with Crippen molar-refractivity contribution in [3.05, 3.63) is 45.5 Å². The number of aromatic nitrogens is 2. The number of carbonyl (C=O) groups excluding carboxylic acids is 1. The van der Waals surface area contributed by atoms with Crippen LogP contribution in [-0.4, -0.2) is 22.7 Å². The summed E-state index contributed by atoms with van der Waals surface area (Å²) in [6.45, 7) is 0.412. The van der Waals surface area contributed by atoms with Crippen molar-refractivity contribution < 1.29 is 14.1 Å². The molecule has 2 heterocycles. The summed E-state index contributed by atoms with van der Waals surface area (Å²) in [5.41, 5.74) is 0.771. The SMILES string of the molecule is O=C(OCCCC1CCCC1)c1cc(/C=C/c2c(Cl)cncc2Cl)on1. The summed E-state index contributed by atoms with van der Waals surface area (Å²) in [4.78, 5) is 15.9. The summed E-state index contributed by atoms with van der Waals surface area (Å²) in [7, 11) is 0. The summed E-state index contributed by atoms with van der Waals surface area (Å²) in [6, 6.07) is 1.53. The fourth-order valence-corrected chi connectivity index (χ4v) is 3.61. The molecule has 1 saturated carbocycles. The van der Waals surface area contributed by atoms with Gasteiger partial charge in [0.25, 0.3) is 0 Å². The molecule has 7 heteroatoms. The van der Waals surface area contributed by atoms with Gasteiger partial charge in [-0.2, -0.15) is 0 Å². The van der Waals surface area contributed by atoms with Gasteiger partial charge in [0, 0.05) is 24.0 Å². The Bertz CT molecular complexity index is 763. The smallest absolute Gasteiger partial charge is 0.360 e. The van der Waals surface area contributed by atoms with E-state index in [-0.39, 0.29) is 5.69 Å². The molecular weight excluding hydrogens is 375 g/mol. The zero-order valence-corrected chi connectivity index (χ0v) is 15.8. The molecule has 138 valence electrons. The minimum atomic E-state index is -0.472. The third-order valence-corrected chi connectivity index (χ3v) is 5.11. The summed E-state index contributed by atoms with van der Waals surface area (Å²) in [5.74, 6) is 0.732. The van der Waals surface area contributed by atoms with Crippen molar-refractivity contribution in [3.63, 3.8) is 0 Å². The van der Waals surface area contributed by atoms with E-state index in [1.165, 1.54) is 44.1 Å². The average Bonchev–Trinajstić information content (AvgIpc) is 3.30. The molecule has 1 fully saturated rings. The Morgan fingerprint density at radius 2 is 1.96 bits per heavy atom. The Balaban J connectivity index is 1.50. The van der Waals surface area contributed by atoms with E-state index in [1.54, 1.807) is 12.2 Å². The predicted molar refractivity (Wildman–Crippen MR) is 101 cm³/mol. The first-order chi connectivity index (χ1) is 12.6. The third kappa shape index (κ3) is 5.08. The van der Waals surface area contributed by atoms with Crippen LogP contribution in [0.1, 0.15) is 60.3 Å². The minimum absolute atomic E-state index is 0.150. The van der Waals surface area contributed by atoms with Crippen LogP contribution in [0.3, 0.4) is 0 Å². The molecule has 3 rings (SSSR count). The van der Waals surface area contributed by atoms with Crippen molar-refractivity contribution >= 4 is 41.3 Å². The van der Waals surface area contributed by atoms with Crippen molar-refractivity contribution in [2.45, 2.75) is 38.5 Å². The van der Waals surface area contributed by atoms with E-state index in [0.29, 0.717) is 28.0 Å². The maximum Gasteiger partial charge on any atom is 0.360 e. The summed E-state index contributed by atoms with van der Waals surface area (Å²) >= 11 is 12.1. The predicted octanol–water partition coefficient (Wildman–Crippen LogP) is 5.67. The van der Waals surface area contributed by atoms with Crippen LogP contribution in [-0.2, 0) is 4.74 Å². The summed E-state index contributed by atoms with van der Waals surface area (Å²) in [5, 5.41) is 4.60. The Kier molecular flexibility index (Phi) is 6.69. The van der Waals surface area contributed by atoms with E-state index in [2.05, 4.69) is 10.1 Å². The minimum Gasteiger partial charge on any atom is -0.461 e. The first kappa shape index (κ1) is 18.9. The maximum atomic E-state index is 12.0. The van der Waals surface area contributed by atoms with Gasteiger partial charge in [-0.25, -0.2) is 4.79 Å². The van der Waals surface area contributed by atoms with Crippen molar-refractivity contribution in [2.24, 2.45) is 5.92 Å². The van der Waals surface area contributed by atoms with Gasteiger partial charge in [-0.05, 0) is 30.9 Å². The fourth-order valence-electron chi connectivity index (χ4n) is 3.12. The molecular formula is C19H20Cl2N2O3. The van der Waals surface area contributed by atoms with Gasteiger partial charge < -0.3 is 9.26 Å². The summed E-state index contributed by atoms with van der Waals surface area (Å²) < 4.78 is 10.4. The van der Waals surface area contributed by atoms with Crippen molar-refractivity contribution in [1.29, 1.82) is 0 Å². The summed E-state index contributed by atoms with van der Waals surface area (Å²) in [6.07, 6.45) is 13.6. The first-order valence-corrected chi connectivity index (χ1v) is 9.50. The molecule has 26 heavy (non-hydrogen) atoms. The van der Waals surface area contributed by atoms with Crippen LogP contribution in [0, 0.1) is 5.92 Å². The number of ether oxygens (including phenoxy) is 1. The van der Waals surface area contributed by atoms with E-state index < -0.39 is 5.97 Å². The second-order valence-electron chi connectivity index (χ2n) is 6.39. The van der Waals surface area contributed by atoms with Crippen LogP contribution in [0.15, 0.2) is 23.0 Å². The Morgan fingerprint density at radius 3 is 2.69 bits per heavy atom. The molecule has 0 aliphatic heterocycles. The van der Waals surface area contributed by atoms with Crippen LogP contribution >= 0.6 is 23.2 Å². The highest BCUT2D eigenvalue weighted by Crippen LogP contribution is 2.28. The molecule has 1 aliphatic carbocycles. The van der Waals surface area contributed by atoms with Crippen LogP contribution in [0.2, 0.25) is 10.0 Å². The molecule has 0 saturated heterocycles. The van der Waals surface area contributed by atoms with E-state index in [9.17, 15) is 4.79 Å². The number of pyridine rings is 1. The van der Waals surface area contributed by atoms with Crippen molar-refractivity contribution in [2.75, 3.05) is 6.61 Å². The van der Waals surface area contributed by atoms with Crippen LogP contribution < -0.4 is 0 Å². The molecule has 0 N–H and O–H groups in total. The number of carbonyl (C=O) groups is 1. The Hall–Kier alpha value is -1.85. The van der Waals surface area contributed by atoms with E-state index >= 15 is 0 Å². The monoisotopic (exact) mass is 394 g/mol. The number of hydrogen-bond acceptors (Lipinski definition) is 5. The van der Waals surface area contributed by atoms with Gasteiger partial charge in [0.1, 0.15) is 0 Å². The second kappa shape index (κ2) is 9.19. The molecule has 0 aromatic carbocycles. The van der Waals surface area contributed by atoms with Crippen LogP contribution in [0.5, 0.6) is 0 Å². The highest BCUT2D eigenvalue weighted by atomic mass is 35.5. The van der Waals surface area contributed by atoms with Gasteiger partial charge in [0.2, 0.25) is 0 Å². The van der Waals surface area contributed by atoms with Gasteiger partial charge in [-0.3, -0.25) is 4.98 Å². The van der Waals surface area contributed by atoms with Crippen LogP contribution in [0.4, 0.5) is 0 Å². The zero-order valence-electron chi connectivity index (χ0n) is 14.3. The standard InChI is InChI=1S/C19H20Cl2N2O3/c20-16-11-22-12-17(21)15(16)8-7-14-10-18(23-26-14)19(24)25-9-3-6-13-4-1-2-5-13/h7-8,10-13H,1-6,9H2/b8-7+. The highest BCUT2D eigenvalue weighted by molar-refractivity contribution is 6.37. The molecule has 0 unspecified atom stereocenters. The van der Waals surface area contributed by atoms with Gasteiger partial charge >= 0.3 is 5.97 Å². The normalized spacial score (nSPS) is 15.0. The molecule has 0 radical (unpaired) electrons. The molecule has 0 atom stereocenters. The molecule has 0 spiro atoms. The number of hydrogen-bond donors (Lipinski definition) is 0. The lowest BCUT2D eigenvalue weighted by molar-refractivity contribution is 0.0482. The van der Waals surface area contributed by atoms with Crippen molar-refractivity contribution in [3.8, 4) is 0 Å². The lowest BCUT2D eigenvalue weighted by atomic mass is 10.0. The Morgan fingerprint density at radius 1 is 1.23 bits per heavy atom. The second-order valence-corrected chi connectivity index (χ2v) is 7.21. The van der Waals surface area contributed by atoms with E-state index in [4.69, 9.17) is 32.5 Å². The highest BCUT2D eigenvalue weighted by Gasteiger charge is 2.16. The lowest BCUT2D eigenvalue weighted by Gasteiger charge is -2.08. The lowest BCUT2D eigenvalue weighted by Crippen LogP contribution is -2.07. The molecule has 1 aliphatic rings. The molecule has 2 aromatic heterocycles.